The molecule has 1 aromatic carbocycles. The van der Waals surface area contributed by atoms with Crippen LogP contribution in [0.1, 0.15) is 11.3 Å². The Morgan fingerprint density at radius 3 is 2.33 bits per heavy atom. The van der Waals surface area contributed by atoms with Gasteiger partial charge in [-0.15, -0.1) is 13.2 Å². The molecule has 0 fully saturated rings. The Morgan fingerprint density at radius 2 is 1.75 bits per heavy atom. The van der Waals surface area contributed by atoms with Crippen LogP contribution >= 0.6 is 0 Å². The number of alkyl halides is 6. The molecule has 0 aliphatic rings. The maximum absolute atomic E-state index is 13.0. The van der Waals surface area contributed by atoms with Crippen molar-refractivity contribution in [1.29, 1.82) is 5.26 Å². The lowest BCUT2D eigenvalue weighted by Crippen LogP contribution is -2.17. The van der Waals surface area contributed by atoms with E-state index in [4.69, 9.17) is 5.26 Å². The molecule has 0 aliphatic heterocycles. The van der Waals surface area contributed by atoms with Crippen LogP contribution in [-0.4, -0.2) is 11.3 Å². The summed E-state index contributed by atoms with van der Waals surface area (Å²) >= 11 is 0. The van der Waals surface area contributed by atoms with Crippen molar-refractivity contribution in [3.8, 4) is 23.1 Å². The number of halogens is 6. The number of ether oxygens (including phenoxy) is 1. The lowest BCUT2D eigenvalue weighted by atomic mass is 10.1. The highest BCUT2D eigenvalue weighted by molar-refractivity contribution is 5.62. The predicted molar refractivity (Wildman–Crippen MR) is 70.7 cm³/mol. The molecule has 0 atom stereocenters. The van der Waals surface area contributed by atoms with Crippen LogP contribution in [0, 0.1) is 11.3 Å². The zero-order valence-electron chi connectivity index (χ0n) is 11.7. The minimum atomic E-state index is -4.92. The van der Waals surface area contributed by atoms with Crippen molar-refractivity contribution in [1.82, 2.24) is 4.98 Å². The number of nitriles is 1. The van der Waals surface area contributed by atoms with Crippen molar-refractivity contribution in [3.05, 3.63) is 47.7 Å². The molecule has 126 valence electrons. The lowest BCUT2D eigenvalue weighted by molar-refractivity contribution is -0.274. The Morgan fingerprint density at radius 1 is 1.04 bits per heavy atom. The monoisotopic (exact) mass is 346 g/mol. The van der Waals surface area contributed by atoms with Gasteiger partial charge < -0.3 is 4.74 Å². The highest BCUT2D eigenvalue weighted by atomic mass is 19.4. The van der Waals surface area contributed by atoms with Gasteiger partial charge in [-0.1, -0.05) is 18.2 Å². The third kappa shape index (κ3) is 4.38. The van der Waals surface area contributed by atoms with Crippen LogP contribution in [0.4, 0.5) is 26.3 Å². The molecule has 0 amide bonds. The summed E-state index contributed by atoms with van der Waals surface area (Å²) in [6.07, 6.45) is -10.2. The minimum Gasteiger partial charge on any atom is -0.406 e. The molecule has 0 unspecified atom stereocenters. The fourth-order valence-corrected chi connectivity index (χ4v) is 1.97. The fourth-order valence-electron chi connectivity index (χ4n) is 1.97. The third-order valence-electron chi connectivity index (χ3n) is 2.88. The number of nitrogens with zero attached hydrogens (tertiary/aromatic N) is 2. The van der Waals surface area contributed by atoms with E-state index in [1.165, 1.54) is 18.2 Å². The van der Waals surface area contributed by atoms with E-state index in [2.05, 4.69) is 9.72 Å². The van der Waals surface area contributed by atoms with Crippen molar-refractivity contribution in [2.24, 2.45) is 0 Å². The summed E-state index contributed by atoms with van der Waals surface area (Å²) in [5.41, 5.74) is -1.72. The zero-order valence-corrected chi connectivity index (χ0v) is 11.7. The van der Waals surface area contributed by atoms with Crippen molar-refractivity contribution < 1.29 is 31.1 Å². The van der Waals surface area contributed by atoms with Crippen molar-refractivity contribution in [2.45, 2.75) is 19.0 Å². The van der Waals surface area contributed by atoms with Crippen LogP contribution in [0.25, 0.3) is 11.3 Å². The molecule has 0 radical (unpaired) electrons. The number of hydrogen-bond donors (Lipinski definition) is 0. The van der Waals surface area contributed by atoms with Gasteiger partial charge >= 0.3 is 12.5 Å². The van der Waals surface area contributed by atoms with Gasteiger partial charge in [0.05, 0.1) is 18.2 Å². The second-order valence-corrected chi connectivity index (χ2v) is 4.61. The van der Waals surface area contributed by atoms with Crippen molar-refractivity contribution in [2.75, 3.05) is 0 Å². The summed E-state index contributed by atoms with van der Waals surface area (Å²) < 4.78 is 79.5. The van der Waals surface area contributed by atoms with E-state index in [1.54, 1.807) is 6.07 Å². The summed E-state index contributed by atoms with van der Waals surface area (Å²) in [7, 11) is 0. The molecule has 1 heterocycles. The average Bonchev–Trinajstić information content (AvgIpc) is 2.45. The normalized spacial score (nSPS) is 11.9. The number of benzene rings is 1. The zero-order chi connectivity index (χ0) is 18.0. The molecule has 2 rings (SSSR count). The Kier molecular flexibility index (Phi) is 4.68. The number of hydrogen-bond acceptors (Lipinski definition) is 3. The summed E-state index contributed by atoms with van der Waals surface area (Å²) in [6, 6.07) is 8.34. The van der Waals surface area contributed by atoms with Crippen LogP contribution in [0.3, 0.4) is 0 Å². The molecule has 3 nitrogen and oxygen atoms in total. The molecule has 0 aliphatic carbocycles. The molecule has 1 aromatic heterocycles. The summed E-state index contributed by atoms with van der Waals surface area (Å²) in [5.74, 6) is -0.573. The van der Waals surface area contributed by atoms with Gasteiger partial charge in [0.15, 0.2) is 0 Å². The Labute approximate surface area is 132 Å². The standard InChI is InChI=1S/C15H8F6N2O/c16-14(17,18)13-9(6-7-22)4-5-12(23-13)10-2-1-3-11(8-10)24-15(19,20)21/h1-5,8H,6H2. The first-order valence-electron chi connectivity index (χ1n) is 6.40. The first-order chi connectivity index (χ1) is 11.1. The van der Waals surface area contributed by atoms with Gasteiger partial charge in [-0.3, -0.25) is 0 Å². The van der Waals surface area contributed by atoms with Gasteiger partial charge in [-0.05, 0) is 23.8 Å². The van der Waals surface area contributed by atoms with Crippen LogP contribution in [0.15, 0.2) is 36.4 Å². The SMILES string of the molecule is N#CCc1ccc(-c2cccc(OC(F)(F)F)c2)nc1C(F)(F)F. The second kappa shape index (κ2) is 6.39. The largest absolute Gasteiger partial charge is 0.573 e. The average molecular weight is 346 g/mol. The topological polar surface area (TPSA) is 45.9 Å². The van der Waals surface area contributed by atoms with Gasteiger partial charge in [0.25, 0.3) is 0 Å². The molecule has 9 heteroatoms. The lowest BCUT2D eigenvalue weighted by Gasteiger charge is -2.13. The molecule has 2 aromatic rings. The first-order valence-corrected chi connectivity index (χ1v) is 6.40. The Balaban J connectivity index is 2.46. The summed E-state index contributed by atoms with van der Waals surface area (Å²) in [5, 5.41) is 8.57. The van der Waals surface area contributed by atoms with E-state index in [1.807, 2.05) is 0 Å². The van der Waals surface area contributed by atoms with E-state index in [0.29, 0.717) is 0 Å². The van der Waals surface area contributed by atoms with E-state index in [0.717, 1.165) is 18.2 Å². The van der Waals surface area contributed by atoms with E-state index >= 15 is 0 Å². The molecule has 0 saturated carbocycles. The predicted octanol–water partition coefficient (Wildman–Crippen LogP) is 4.73. The molecule has 24 heavy (non-hydrogen) atoms. The van der Waals surface area contributed by atoms with Crippen molar-refractivity contribution in [3.63, 3.8) is 0 Å². The Bertz CT molecular complexity index is 777. The minimum absolute atomic E-state index is 0.0192. The van der Waals surface area contributed by atoms with Gasteiger partial charge in [0.2, 0.25) is 0 Å². The van der Waals surface area contributed by atoms with Gasteiger partial charge in [-0.2, -0.15) is 18.4 Å². The maximum Gasteiger partial charge on any atom is 0.573 e. The molecule has 0 saturated heterocycles. The Hall–Kier alpha value is -2.76. The number of rotatable bonds is 3. The highest BCUT2D eigenvalue weighted by Crippen LogP contribution is 2.33. The van der Waals surface area contributed by atoms with Crippen molar-refractivity contribution >= 4 is 0 Å². The molecule has 0 bridgehead atoms. The third-order valence-corrected chi connectivity index (χ3v) is 2.88. The second-order valence-electron chi connectivity index (χ2n) is 4.61. The molecular formula is C15H8F6N2O. The van der Waals surface area contributed by atoms with E-state index in [-0.39, 0.29) is 16.8 Å². The van der Waals surface area contributed by atoms with Crippen LogP contribution in [-0.2, 0) is 12.6 Å². The van der Waals surface area contributed by atoms with Gasteiger partial charge in [0, 0.05) is 5.56 Å². The molecule has 0 spiro atoms. The molecule has 0 N–H and O–H groups in total. The van der Waals surface area contributed by atoms with E-state index in [9.17, 15) is 26.3 Å². The number of aromatic nitrogens is 1. The molecular weight excluding hydrogens is 338 g/mol. The number of pyridine rings is 1. The smallest absolute Gasteiger partial charge is 0.406 e. The highest BCUT2D eigenvalue weighted by Gasteiger charge is 2.35. The van der Waals surface area contributed by atoms with Gasteiger partial charge in [-0.25, -0.2) is 4.98 Å². The van der Waals surface area contributed by atoms with Crippen LogP contribution in [0.5, 0.6) is 5.75 Å². The maximum atomic E-state index is 13.0. The fraction of sp³-hybridized carbons (Fsp3) is 0.200. The van der Waals surface area contributed by atoms with Crippen LogP contribution < -0.4 is 4.74 Å². The summed E-state index contributed by atoms with van der Waals surface area (Å²) in [6.45, 7) is 0. The van der Waals surface area contributed by atoms with E-state index < -0.39 is 30.4 Å². The quantitative estimate of drug-likeness (QED) is 0.755. The van der Waals surface area contributed by atoms with Crippen LogP contribution in [0.2, 0.25) is 0 Å². The first kappa shape index (κ1) is 17.6. The summed E-state index contributed by atoms with van der Waals surface area (Å²) in [4.78, 5) is 3.46. The van der Waals surface area contributed by atoms with Gasteiger partial charge in [0.1, 0.15) is 11.4 Å².